The fraction of sp³-hybridized carbons (Fsp3) is 1.00. The average Bonchev–Trinajstić information content (AvgIpc) is 2.11. The summed E-state index contributed by atoms with van der Waals surface area (Å²) in [5.74, 6) is 0.758. The summed E-state index contributed by atoms with van der Waals surface area (Å²) in [6, 6.07) is 0.690. The fourth-order valence-corrected chi connectivity index (χ4v) is 1.50. The number of rotatable bonds is 7. The van der Waals surface area contributed by atoms with Crippen molar-refractivity contribution in [1.29, 1.82) is 0 Å². The van der Waals surface area contributed by atoms with E-state index in [1.165, 1.54) is 25.8 Å². The Morgan fingerprint density at radius 3 is 2.33 bits per heavy atom. The van der Waals surface area contributed by atoms with Gasteiger partial charge in [0.2, 0.25) is 0 Å². The molecule has 0 aromatic carbocycles. The standard InChI is InChI=1S/C10H22ClN/c1-4-6-8-12(9-7-11)10(3)5-2/h10H,4-9H2,1-3H3. The Hall–Kier alpha value is 0.250. The Bertz CT molecular complexity index is 95.8. The lowest BCUT2D eigenvalue weighted by Gasteiger charge is -2.27. The highest BCUT2D eigenvalue weighted by Gasteiger charge is 2.09. The van der Waals surface area contributed by atoms with Crippen LogP contribution in [0.4, 0.5) is 0 Å². The minimum atomic E-state index is 0.690. The number of unbranched alkanes of at least 4 members (excludes halogenated alkanes) is 1. The summed E-state index contributed by atoms with van der Waals surface area (Å²) in [6.07, 6.45) is 3.79. The molecule has 0 N–H and O–H groups in total. The highest BCUT2D eigenvalue weighted by molar-refractivity contribution is 6.18. The number of alkyl halides is 1. The van der Waals surface area contributed by atoms with E-state index in [0.717, 1.165) is 12.4 Å². The lowest BCUT2D eigenvalue weighted by Crippen LogP contribution is -2.35. The van der Waals surface area contributed by atoms with Crippen molar-refractivity contribution in [2.24, 2.45) is 0 Å². The van der Waals surface area contributed by atoms with Crippen molar-refractivity contribution in [3.05, 3.63) is 0 Å². The van der Waals surface area contributed by atoms with Crippen molar-refractivity contribution >= 4 is 11.6 Å². The Kier molecular flexibility index (Phi) is 8.04. The molecule has 0 aliphatic carbocycles. The first-order chi connectivity index (χ1) is 5.76. The van der Waals surface area contributed by atoms with Crippen molar-refractivity contribution in [3.8, 4) is 0 Å². The third kappa shape index (κ3) is 5.00. The molecule has 1 nitrogen and oxygen atoms in total. The molecule has 0 bridgehead atoms. The van der Waals surface area contributed by atoms with E-state index in [4.69, 9.17) is 11.6 Å². The molecule has 1 atom stereocenters. The molecular weight excluding hydrogens is 170 g/mol. The molecule has 0 rings (SSSR count). The van der Waals surface area contributed by atoms with Gasteiger partial charge in [0, 0.05) is 18.5 Å². The van der Waals surface area contributed by atoms with Crippen molar-refractivity contribution in [2.75, 3.05) is 19.0 Å². The van der Waals surface area contributed by atoms with Crippen molar-refractivity contribution in [2.45, 2.75) is 46.1 Å². The molecule has 0 aliphatic rings. The topological polar surface area (TPSA) is 3.24 Å². The predicted molar refractivity (Wildman–Crippen MR) is 57.0 cm³/mol. The molecular formula is C10H22ClN. The molecule has 0 aromatic rings. The summed E-state index contributed by atoms with van der Waals surface area (Å²) >= 11 is 5.73. The molecule has 0 aromatic heterocycles. The van der Waals surface area contributed by atoms with Gasteiger partial charge in [0.15, 0.2) is 0 Å². The van der Waals surface area contributed by atoms with Gasteiger partial charge in [0.05, 0.1) is 0 Å². The van der Waals surface area contributed by atoms with Gasteiger partial charge < -0.3 is 0 Å². The van der Waals surface area contributed by atoms with Crippen LogP contribution in [0.1, 0.15) is 40.0 Å². The number of nitrogens with zero attached hydrogens (tertiary/aromatic N) is 1. The van der Waals surface area contributed by atoms with E-state index in [-0.39, 0.29) is 0 Å². The Labute approximate surface area is 82.1 Å². The van der Waals surface area contributed by atoms with Crippen LogP contribution in [-0.4, -0.2) is 29.9 Å². The first-order valence-corrected chi connectivity index (χ1v) is 5.59. The highest BCUT2D eigenvalue weighted by Crippen LogP contribution is 2.05. The molecule has 0 spiro atoms. The van der Waals surface area contributed by atoms with E-state index < -0.39 is 0 Å². The third-order valence-corrected chi connectivity index (χ3v) is 2.55. The van der Waals surface area contributed by atoms with Crippen LogP contribution in [0.3, 0.4) is 0 Å². The summed E-state index contributed by atoms with van der Waals surface area (Å²) in [5, 5.41) is 0. The molecule has 12 heavy (non-hydrogen) atoms. The van der Waals surface area contributed by atoms with E-state index >= 15 is 0 Å². The molecule has 2 heteroatoms. The van der Waals surface area contributed by atoms with Crippen LogP contribution < -0.4 is 0 Å². The van der Waals surface area contributed by atoms with Gasteiger partial charge >= 0.3 is 0 Å². The van der Waals surface area contributed by atoms with Gasteiger partial charge in [-0.2, -0.15) is 0 Å². The van der Waals surface area contributed by atoms with Crippen molar-refractivity contribution < 1.29 is 0 Å². The van der Waals surface area contributed by atoms with Crippen LogP contribution in [0, 0.1) is 0 Å². The largest absolute Gasteiger partial charge is 0.299 e. The maximum absolute atomic E-state index is 5.73. The summed E-state index contributed by atoms with van der Waals surface area (Å²) in [6.45, 7) is 8.99. The van der Waals surface area contributed by atoms with E-state index in [1.54, 1.807) is 0 Å². The van der Waals surface area contributed by atoms with Crippen LogP contribution >= 0.6 is 11.6 Å². The molecule has 1 unspecified atom stereocenters. The third-order valence-electron chi connectivity index (χ3n) is 2.38. The first kappa shape index (κ1) is 12.2. The summed E-state index contributed by atoms with van der Waals surface area (Å²) < 4.78 is 0. The van der Waals surface area contributed by atoms with E-state index in [9.17, 15) is 0 Å². The summed E-state index contributed by atoms with van der Waals surface area (Å²) in [4.78, 5) is 2.48. The van der Waals surface area contributed by atoms with Crippen molar-refractivity contribution in [1.82, 2.24) is 4.90 Å². The molecule has 0 fully saturated rings. The maximum Gasteiger partial charge on any atom is 0.0351 e. The smallest absolute Gasteiger partial charge is 0.0351 e. The number of hydrogen-bond donors (Lipinski definition) is 0. The monoisotopic (exact) mass is 191 g/mol. The molecule has 0 amide bonds. The highest BCUT2D eigenvalue weighted by atomic mass is 35.5. The van der Waals surface area contributed by atoms with E-state index in [2.05, 4.69) is 25.7 Å². The molecule has 0 radical (unpaired) electrons. The Balaban J connectivity index is 3.68. The lowest BCUT2D eigenvalue weighted by molar-refractivity contribution is 0.213. The van der Waals surface area contributed by atoms with Crippen LogP contribution in [0.15, 0.2) is 0 Å². The van der Waals surface area contributed by atoms with Gasteiger partial charge in [0.1, 0.15) is 0 Å². The quantitative estimate of drug-likeness (QED) is 0.559. The minimum Gasteiger partial charge on any atom is -0.299 e. The molecule has 0 aliphatic heterocycles. The predicted octanol–water partition coefficient (Wildman–Crippen LogP) is 3.13. The fourth-order valence-electron chi connectivity index (χ4n) is 1.28. The zero-order valence-corrected chi connectivity index (χ0v) is 9.40. The zero-order valence-electron chi connectivity index (χ0n) is 8.65. The van der Waals surface area contributed by atoms with Crippen LogP contribution in [0.25, 0.3) is 0 Å². The van der Waals surface area contributed by atoms with Crippen LogP contribution in [0.2, 0.25) is 0 Å². The minimum absolute atomic E-state index is 0.690. The second-order valence-corrected chi connectivity index (χ2v) is 3.71. The molecule has 0 saturated carbocycles. The van der Waals surface area contributed by atoms with Crippen LogP contribution in [0.5, 0.6) is 0 Å². The number of hydrogen-bond acceptors (Lipinski definition) is 1. The molecule has 0 saturated heterocycles. The van der Waals surface area contributed by atoms with E-state index in [0.29, 0.717) is 6.04 Å². The lowest BCUT2D eigenvalue weighted by atomic mass is 10.2. The normalized spacial score (nSPS) is 13.8. The second kappa shape index (κ2) is 7.88. The molecule has 0 heterocycles. The average molecular weight is 192 g/mol. The van der Waals surface area contributed by atoms with Gasteiger partial charge in [-0.05, 0) is 26.3 Å². The molecule has 74 valence electrons. The SMILES string of the molecule is CCCCN(CCCl)C(C)CC. The first-order valence-electron chi connectivity index (χ1n) is 5.06. The summed E-state index contributed by atoms with van der Waals surface area (Å²) in [7, 11) is 0. The Morgan fingerprint density at radius 1 is 1.25 bits per heavy atom. The van der Waals surface area contributed by atoms with Gasteiger partial charge in [0.25, 0.3) is 0 Å². The van der Waals surface area contributed by atoms with Gasteiger partial charge in [-0.15, -0.1) is 11.6 Å². The zero-order chi connectivity index (χ0) is 9.40. The van der Waals surface area contributed by atoms with Crippen LogP contribution in [-0.2, 0) is 0 Å². The summed E-state index contributed by atoms with van der Waals surface area (Å²) in [5.41, 5.74) is 0. The van der Waals surface area contributed by atoms with Gasteiger partial charge in [-0.1, -0.05) is 20.3 Å². The maximum atomic E-state index is 5.73. The number of halogens is 1. The van der Waals surface area contributed by atoms with E-state index in [1.807, 2.05) is 0 Å². The van der Waals surface area contributed by atoms with Crippen molar-refractivity contribution in [3.63, 3.8) is 0 Å². The second-order valence-electron chi connectivity index (χ2n) is 3.34. The Morgan fingerprint density at radius 2 is 1.92 bits per heavy atom. The van der Waals surface area contributed by atoms with Gasteiger partial charge in [-0.25, -0.2) is 0 Å². The van der Waals surface area contributed by atoms with Gasteiger partial charge in [-0.3, -0.25) is 4.90 Å².